The van der Waals surface area contributed by atoms with Gasteiger partial charge in [0.1, 0.15) is 0 Å². The van der Waals surface area contributed by atoms with Gasteiger partial charge in [0, 0.05) is 13.5 Å². The van der Waals surface area contributed by atoms with Crippen LogP contribution in [0.25, 0.3) is 0 Å². The third kappa shape index (κ3) is 3.02. The Hall–Kier alpha value is -0.840. The fourth-order valence-electron chi connectivity index (χ4n) is 3.07. The molecule has 1 heterocycles. The highest BCUT2D eigenvalue weighted by molar-refractivity contribution is 9.10. The number of halogens is 1. The van der Waals surface area contributed by atoms with Crippen molar-refractivity contribution in [2.75, 3.05) is 0 Å². The summed E-state index contributed by atoms with van der Waals surface area (Å²) in [6.45, 7) is 2.06. The van der Waals surface area contributed by atoms with Crippen LogP contribution in [0, 0.1) is 11.8 Å². The Kier molecular flexibility index (Phi) is 4.66. The van der Waals surface area contributed by atoms with E-state index in [0.717, 1.165) is 35.1 Å². The van der Waals surface area contributed by atoms with Crippen molar-refractivity contribution in [3.8, 4) is 0 Å². The summed E-state index contributed by atoms with van der Waals surface area (Å²) >= 11 is 3.57. The lowest BCUT2D eigenvalue weighted by Crippen LogP contribution is -2.25. The Morgan fingerprint density at radius 2 is 2.16 bits per heavy atom. The van der Waals surface area contributed by atoms with Gasteiger partial charge in [-0.15, -0.1) is 0 Å². The first-order valence-electron chi connectivity index (χ1n) is 6.97. The zero-order chi connectivity index (χ0) is 14.0. The predicted molar refractivity (Wildman–Crippen MR) is 77.1 cm³/mol. The highest BCUT2D eigenvalue weighted by Gasteiger charge is 2.32. The molecule has 1 aliphatic carbocycles. The molecule has 1 N–H and O–H groups in total. The van der Waals surface area contributed by atoms with Gasteiger partial charge in [-0.25, -0.2) is 0 Å². The molecule has 106 valence electrons. The molecule has 1 unspecified atom stereocenters. The number of carbonyl (C=O) groups is 1. The van der Waals surface area contributed by atoms with Crippen molar-refractivity contribution in [2.24, 2.45) is 18.9 Å². The highest BCUT2D eigenvalue weighted by Crippen LogP contribution is 2.35. The molecule has 1 atom stereocenters. The van der Waals surface area contributed by atoms with Gasteiger partial charge in [0.2, 0.25) is 0 Å². The van der Waals surface area contributed by atoms with Gasteiger partial charge in [-0.1, -0.05) is 19.8 Å². The molecule has 1 saturated carbocycles. The minimum atomic E-state index is -0.668. The largest absolute Gasteiger partial charge is 0.481 e. The van der Waals surface area contributed by atoms with Gasteiger partial charge in [-0.3, -0.25) is 9.48 Å². The van der Waals surface area contributed by atoms with Crippen LogP contribution in [0.1, 0.15) is 44.0 Å². The molecule has 1 aromatic rings. The Balaban J connectivity index is 2.21. The molecule has 1 fully saturated rings. The summed E-state index contributed by atoms with van der Waals surface area (Å²) in [5, 5.41) is 13.9. The SMILES string of the molecule is CCc1nn(C)c(CC(C(=O)O)C2CCCC2)c1Br. The molecule has 0 aliphatic heterocycles. The molecular weight excluding hydrogens is 308 g/mol. The number of nitrogens with zero attached hydrogens (tertiary/aromatic N) is 2. The van der Waals surface area contributed by atoms with Crippen LogP contribution in [-0.2, 0) is 24.7 Å². The van der Waals surface area contributed by atoms with E-state index in [-0.39, 0.29) is 5.92 Å². The second kappa shape index (κ2) is 6.07. The fraction of sp³-hybridized carbons (Fsp3) is 0.714. The van der Waals surface area contributed by atoms with E-state index >= 15 is 0 Å². The summed E-state index contributed by atoms with van der Waals surface area (Å²) in [5.74, 6) is -0.624. The number of aromatic nitrogens is 2. The first-order chi connectivity index (χ1) is 9.04. The maximum Gasteiger partial charge on any atom is 0.307 e. The molecule has 0 saturated heterocycles. The summed E-state index contributed by atoms with van der Waals surface area (Å²) < 4.78 is 2.81. The normalized spacial score (nSPS) is 17.8. The summed E-state index contributed by atoms with van der Waals surface area (Å²) in [6.07, 6.45) is 5.86. The number of aryl methyl sites for hydroxylation is 2. The lowest BCUT2D eigenvalue weighted by atomic mass is 9.87. The molecule has 0 amide bonds. The predicted octanol–water partition coefficient (Wildman–Crippen LogP) is 3.18. The Bertz CT molecular complexity index is 464. The van der Waals surface area contributed by atoms with Crippen molar-refractivity contribution in [3.05, 3.63) is 15.9 Å². The Morgan fingerprint density at radius 1 is 1.53 bits per heavy atom. The van der Waals surface area contributed by atoms with Crippen LogP contribution in [0.5, 0.6) is 0 Å². The molecule has 0 bridgehead atoms. The maximum absolute atomic E-state index is 11.5. The van der Waals surface area contributed by atoms with Gasteiger partial charge >= 0.3 is 5.97 Å². The number of carboxylic acids is 1. The Morgan fingerprint density at radius 3 is 2.63 bits per heavy atom. The topological polar surface area (TPSA) is 55.1 Å². The van der Waals surface area contributed by atoms with Crippen LogP contribution in [-0.4, -0.2) is 20.9 Å². The molecular formula is C14H21BrN2O2. The van der Waals surface area contributed by atoms with Crippen LogP contribution in [0.15, 0.2) is 4.47 Å². The summed E-state index contributed by atoms with van der Waals surface area (Å²) in [6, 6.07) is 0. The first kappa shape index (κ1) is 14.6. The van der Waals surface area contributed by atoms with E-state index in [1.807, 2.05) is 11.7 Å². The minimum absolute atomic E-state index is 0.279. The van der Waals surface area contributed by atoms with Crippen molar-refractivity contribution in [2.45, 2.75) is 45.4 Å². The maximum atomic E-state index is 11.5. The van der Waals surface area contributed by atoms with E-state index in [4.69, 9.17) is 0 Å². The zero-order valence-corrected chi connectivity index (χ0v) is 13.1. The summed E-state index contributed by atoms with van der Waals surface area (Å²) in [7, 11) is 1.90. The van der Waals surface area contributed by atoms with Gasteiger partial charge in [-0.2, -0.15) is 5.10 Å². The smallest absolute Gasteiger partial charge is 0.307 e. The summed E-state index contributed by atoms with van der Waals surface area (Å²) in [5.41, 5.74) is 2.02. The number of carboxylic acid groups (broad SMARTS) is 1. The molecule has 2 rings (SSSR count). The van der Waals surface area contributed by atoms with Crippen molar-refractivity contribution < 1.29 is 9.90 Å². The van der Waals surface area contributed by atoms with E-state index in [9.17, 15) is 9.90 Å². The molecule has 1 aromatic heterocycles. The van der Waals surface area contributed by atoms with Gasteiger partial charge in [0.15, 0.2) is 0 Å². The number of hydrogen-bond donors (Lipinski definition) is 1. The molecule has 4 nitrogen and oxygen atoms in total. The number of hydrogen-bond acceptors (Lipinski definition) is 2. The van der Waals surface area contributed by atoms with E-state index in [2.05, 4.69) is 28.0 Å². The monoisotopic (exact) mass is 328 g/mol. The second-order valence-electron chi connectivity index (χ2n) is 5.38. The minimum Gasteiger partial charge on any atom is -0.481 e. The van der Waals surface area contributed by atoms with Crippen LogP contribution >= 0.6 is 15.9 Å². The molecule has 19 heavy (non-hydrogen) atoms. The van der Waals surface area contributed by atoms with Crippen LogP contribution in [0.3, 0.4) is 0 Å². The quantitative estimate of drug-likeness (QED) is 0.903. The number of aliphatic carboxylic acids is 1. The molecule has 0 aromatic carbocycles. The molecule has 0 radical (unpaired) electrons. The van der Waals surface area contributed by atoms with Crippen LogP contribution in [0.4, 0.5) is 0 Å². The van der Waals surface area contributed by atoms with Crippen LogP contribution < -0.4 is 0 Å². The third-order valence-corrected chi connectivity index (χ3v) is 5.12. The fourth-order valence-corrected chi connectivity index (χ4v) is 3.84. The van der Waals surface area contributed by atoms with Crippen molar-refractivity contribution >= 4 is 21.9 Å². The average Bonchev–Trinajstić information content (AvgIpc) is 2.96. The van der Waals surface area contributed by atoms with Gasteiger partial charge in [-0.05, 0) is 41.1 Å². The zero-order valence-electron chi connectivity index (χ0n) is 11.5. The van der Waals surface area contributed by atoms with E-state index in [0.29, 0.717) is 12.3 Å². The first-order valence-corrected chi connectivity index (χ1v) is 7.77. The van der Waals surface area contributed by atoms with E-state index in [1.165, 1.54) is 12.8 Å². The second-order valence-corrected chi connectivity index (χ2v) is 6.17. The lowest BCUT2D eigenvalue weighted by Gasteiger charge is -2.19. The summed E-state index contributed by atoms with van der Waals surface area (Å²) in [4.78, 5) is 11.5. The van der Waals surface area contributed by atoms with Crippen molar-refractivity contribution in [3.63, 3.8) is 0 Å². The average molecular weight is 329 g/mol. The molecule has 5 heteroatoms. The van der Waals surface area contributed by atoms with E-state index < -0.39 is 5.97 Å². The lowest BCUT2D eigenvalue weighted by molar-refractivity contribution is -0.143. The highest BCUT2D eigenvalue weighted by atomic mass is 79.9. The standard InChI is InChI=1S/C14H21BrN2O2/c1-3-11-13(15)12(17(2)16-11)8-10(14(18)19)9-6-4-5-7-9/h9-10H,3-8H2,1-2H3,(H,18,19). The van der Waals surface area contributed by atoms with Gasteiger partial charge < -0.3 is 5.11 Å². The van der Waals surface area contributed by atoms with E-state index in [1.54, 1.807) is 0 Å². The van der Waals surface area contributed by atoms with Gasteiger partial charge in [0.05, 0.1) is 21.8 Å². The molecule has 0 spiro atoms. The Labute approximate surface area is 122 Å². The van der Waals surface area contributed by atoms with Crippen LogP contribution in [0.2, 0.25) is 0 Å². The number of rotatable bonds is 5. The van der Waals surface area contributed by atoms with Crippen molar-refractivity contribution in [1.29, 1.82) is 0 Å². The van der Waals surface area contributed by atoms with Gasteiger partial charge in [0.25, 0.3) is 0 Å². The molecule has 1 aliphatic rings. The third-order valence-electron chi connectivity index (χ3n) is 4.20. The van der Waals surface area contributed by atoms with Crippen molar-refractivity contribution in [1.82, 2.24) is 9.78 Å².